The van der Waals surface area contributed by atoms with E-state index < -0.39 is 0 Å². The summed E-state index contributed by atoms with van der Waals surface area (Å²) in [5, 5.41) is 8.28. The number of hydrogen-bond donors (Lipinski definition) is 1. The van der Waals surface area contributed by atoms with E-state index in [1.165, 1.54) is 12.8 Å². The lowest BCUT2D eigenvalue weighted by Gasteiger charge is -2.17. The molecule has 0 atom stereocenters. The fourth-order valence-electron chi connectivity index (χ4n) is 3.97. The van der Waals surface area contributed by atoms with Crippen molar-refractivity contribution in [3.8, 4) is 5.75 Å². The summed E-state index contributed by atoms with van der Waals surface area (Å²) in [7, 11) is 1.85. The predicted octanol–water partition coefficient (Wildman–Crippen LogP) is 3.84. The minimum atomic E-state index is -0.123. The molecule has 0 unspecified atom stereocenters. The molecule has 146 valence electrons. The number of aromatic nitrogens is 3. The largest absolute Gasteiger partial charge is 0.490 e. The summed E-state index contributed by atoms with van der Waals surface area (Å²) in [5.74, 6) is 0.741. The summed E-state index contributed by atoms with van der Waals surface area (Å²) < 4.78 is 7.90. The highest BCUT2D eigenvalue weighted by Gasteiger charge is 2.20. The average Bonchev–Trinajstić information content (AvgIpc) is 3.28. The van der Waals surface area contributed by atoms with E-state index in [0.29, 0.717) is 12.1 Å². The third kappa shape index (κ3) is 3.59. The molecule has 1 aromatic carbocycles. The predicted molar refractivity (Wildman–Crippen MR) is 108 cm³/mol. The Morgan fingerprint density at radius 1 is 1.25 bits per heavy atom. The number of fused-ring (bicyclic) bond motifs is 1. The van der Waals surface area contributed by atoms with Gasteiger partial charge in [-0.25, -0.2) is 4.98 Å². The van der Waals surface area contributed by atoms with E-state index in [1.54, 1.807) is 4.68 Å². The monoisotopic (exact) mass is 378 g/mol. The van der Waals surface area contributed by atoms with Crippen LogP contribution < -0.4 is 10.1 Å². The Hall–Kier alpha value is -2.89. The molecule has 28 heavy (non-hydrogen) atoms. The Labute approximate surface area is 164 Å². The van der Waals surface area contributed by atoms with Crippen LogP contribution in [0.25, 0.3) is 11.0 Å². The number of aryl methyl sites for hydroxylation is 3. The molecule has 0 saturated heterocycles. The summed E-state index contributed by atoms with van der Waals surface area (Å²) in [4.78, 5) is 17.5. The molecular weight excluding hydrogens is 352 g/mol. The van der Waals surface area contributed by atoms with Gasteiger partial charge in [-0.1, -0.05) is 18.2 Å². The molecule has 4 rings (SSSR count). The van der Waals surface area contributed by atoms with Crippen LogP contribution in [-0.4, -0.2) is 26.8 Å². The second-order valence-corrected chi connectivity index (χ2v) is 7.53. The number of nitrogens with zero attached hydrogens (tertiary/aromatic N) is 3. The maximum atomic E-state index is 13.0. The van der Waals surface area contributed by atoms with Gasteiger partial charge in [0.15, 0.2) is 5.65 Å². The number of rotatable bonds is 5. The summed E-state index contributed by atoms with van der Waals surface area (Å²) in [6.07, 6.45) is 4.96. The van der Waals surface area contributed by atoms with Gasteiger partial charge in [-0.2, -0.15) is 5.10 Å². The number of carbonyl (C=O) groups is 1. The third-order valence-electron chi connectivity index (χ3n) is 5.35. The SMILES string of the molecule is Cc1cc(C(=O)NCc2ccccc2OC2CCCC2)c2c(C)nn(C)c2n1. The normalized spacial score (nSPS) is 14.5. The van der Waals surface area contributed by atoms with Crippen molar-refractivity contribution in [3.63, 3.8) is 0 Å². The first-order valence-corrected chi connectivity index (χ1v) is 9.86. The van der Waals surface area contributed by atoms with Gasteiger partial charge in [-0.15, -0.1) is 0 Å². The van der Waals surface area contributed by atoms with Crippen LogP contribution in [0.5, 0.6) is 5.75 Å². The zero-order valence-electron chi connectivity index (χ0n) is 16.7. The van der Waals surface area contributed by atoms with Crippen LogP contribution >= 0.6 is 0 Å². The van der Waals surface area contributed by atoms with Gasteiger partial charge < -0.3 is 10.1 Å². The summed E-state index contributed by atoms with van der Waals surface area (Å²) >= 11 is 0. The standard InChI is InChI=1S/C22H26N4O2/c1-14-12-18(20-15(2)25-26(3)21(20)24-14)22(27)23-13-16-8-4-7-11-19(16)28-17-9-5-6-10-17/h4,7-8,11-12,17H,5-6,9-10,13H2,1-3H3,(H,23,27). The minimum absolute atomic E-state index is 0.123. The van der Waals surface area contributed by atoms with Crippen molar-refractivity contribution in [1.29, 1.82) is 0 Å². The molecule has 6 heteroatoms. The van der Waals surface area contributed by atoms with E-state index in [-0.39, 0.29) is 12.0 Å². The molecule has 2 aromatic heterocycles. The highest BCUT2D eigenvalue weighted by molar-refractivity contribution is 6.06. The molecule has 3 aromatic rings. The Bertz CT molecular complexity index is 1020. The molecule has 6 nitrogen and oxygen atoms in total. The van der Waals surface area contributed by atoms with E-state index in [0.717, 1.165) is 46.6 Å². The van der Waals surface area contributed by atoms with Gasteiger partial charge in [0, 0.05) is 24.8 Å². The van der Waals surface area contributed by atoms with Crippen LogP contribution in [0, 0.1) is 13.8 Å². The molecule has 1 aliphatic rings. The van der Waals surface area contributed by atoms with Gasteiger partial charge in [-0.3, -0.25) is 9.48 Å². The lowest BCUT2D eigenvalue weighted by atomic mass is 10.1. The fourth-order valence-corrected chi connectivity index (χ4v) is 3.97. The first kappa shape index (κ1) is 18.5. The van der Waals surface area contributed by atoms with Gasteiger partial charge >= 0.3 is 0 Å². The fraction of sp³-hybridized carbons (Fsp3) is 0.409. The van der Waals surface area contributed by atoms with E-state index >= 15 is 0 Å². The quantitative estimate of drug-likeness (QED) is 0.732. The van der Waals surface area contributed by atoms with Crippen molar-refractivity contribution < 1.29 is 9.53 Å². The van der Waals surface area contributed by atoms with Crippen molar-refractivity contribution in [3.05, 3.63) is 52.8 Å². The van der Waals surface area contributed by atoms with Crippen molar-refractivity contribution in [2.24, 2.45) is 7.05 Å². The van der Waals surface area contributed by atoms with Gasteiger partial charge in [0.1, 0.15) is 5.75 Å². The number of ether oxygens (including phenoxy) is 1. The number of nitrogens with one attached hydrogen (secondary N) is 1. The van der Waals surface area contributed by atoms with Crippen molar-refractivity contribution in [2.45, 2.75) is 52.2 Å². The molecule has 0 radical (unpaired) electrons. The van der Waals surface area contributed by atoms with Gasteiger partial charge in [-0.05, 0) is 51.7 Å². The maximum absolute atomic E-state index is 13.0. The zero-order valence-corrected chi connectivity index (χ0v) is 16.7. The van der Waals surface area contributed by atoms with Crippen LogP contribution in [0.2, 0.25) is 0 Å². The Balaban J connectivity index is 1.55. The summed E-state index contributed by atoms with van der Waals surface area (Å²) in [5.41, 5.74) is 3.94. The Morgan fingerprint density at radius 3 is 2.79 bits per heavy atom. The van der Waals surface area contributed by atoms with Crippen LogP contribution in [0.4, 0.5) is 0 Å². The molecule has 0 bridgehead atoms. The first-order valence-electron chi connectivity index (χ1n) is 9.86. The number of hydrogen-bond acceptors (Lipinski definition) is 4. The molecule has 1 amide bonds. The van der Waals surface area contributed by atoms with E-state index in [9.17, 15) is 4.79 Å². The molecule has 0 spiro atoms. The summed E-state index contributed by atoms with van der Waals surface area (Å²) in [6.45, 7) is 4.22. The molecule has 2 heterocycles. The number of para-hydroxylation sites is 1. The molecular formula is C22H26N4O2. The lowest BCUT2D eigenvalue weighted by Crippen LogP contribution is -2.24. The highest BCUT2D eigenvalue weighted by atomic mass is 16.5. The van der Waals surface area contributed by atoms with Gasteiger partial charge in [0.25, 0.3) is 5.91 Å². The lowest BCUT2D eigenvalue weighted by molar-refractivity contribution is 0.0952. The minimum Gasteiger partial charge on any atom is -0.490 e. The van der Waals surface area contributed by atoms with Crippen LogP contribution in [-0.2, 0) is 13.6 Å². The zero-order chi connectivity index (χ0) is 19.7. The van der Waals surface area contributed by atoms with Crippen LogP contribution in [0.15, 0.2) is 30.3 Å². The highest BCUT2D eigenvalue weighted by Crippen LogP contribution is 2.27. The smallest absolute Gasteiger partial charge is 0.252 e. The average molecular weight is 378 g/mol. The molecule has 1 fully saturated rings. The van der Waals surface area contributed by atoms with Crippen molar-refractivity contribution in [1.82, 2.24) is 20.1 Å². The second-order valence-electron chi connectivity index (χ2n) is 7.53. The number of pyridine rings is 1. The Morgan fingerprint density at radius 2 is 2.00 bits per heavy atom. The molecule has 0 aliphatic heterocycles. The summed E-state index contributed by atoms with van der Waals surface area (Å²) in [6, 6.07) is 9.77. The Kier molecular flexibility index (Phi) is 5.03. The first-order chi connectivity index (χ1) is 13.5. The van der Waals surface area contributed by atoms with Gasteiger partial charge in [0.2, 0.25) is 0 Å². The van der Waals surface area contributed by atoms with Crippen LogP contribution in [0.1, 0.15) is 53.0 Å². The number of benzene rings is 1. The maximum Gasteiger partial charge on any atom is 0.252 e. The molecule has 1 saturated carbocycles. The topological polar surface area (TPSA) is 69.0 Å². The van der Waals surface area contributed by atoms with Crippen molar-refractivity contribution >= 4 is 16.9 Å². The van der Waals surface area contributed by atoms with Gasteiger partial charge in [0.05, 0.1) is 22.7 Å². The van der Waals surface area contributed by atoms with E-state index in [1.807, 2.05) is 51.2 Å². The number of amides is 1. The van der Waals surface area contributed by atoms with E-state index in [2.05, 4.69) is 15.4 Å². The van der Waals surface area contributed by atoms with Crippen molar-refractivity contribution in [2.75, 3.05) is 0 Å². The van der Waals surface area contributed by atoms with Crippen LogP contribution in [0.3, 0.4) is 0 Å². The second kappa shape index (κ2) is 7.62. The van der Waals surface area contributed by atoms with E-state index in [4.69, 9.17) is 4.74 Å². The number of carbonyl (C=O) groups excluding carboxylic acids is 1. The third-order valence-corrected chi connectivity index (χ3v) is 5.35. The molecule has 1 N–H and O–H groups in total. The molecule has 1 aliphatic carbocycles.